The normalized spacial score (nSPS) is 9.87. The SMILES string of the molecule is NC(=O)Oc1cccc(-n2ccnn2)c1. The molecule has 0 radical (unpaired) electrons. The summed E-state index contributed by atoms with van der Waals surface area (Å²) in [4.78, 5) is 10.5. The summed E-state index contributed by atoms with van der Waals surface area (Å²) in [7, 11) is 0. The molecule has 0 aliphatic carbocycles. The number of hydrogen-bond donors (Lipinski definition) is 1. The van der Waals surface area contributed by atoms with Crippen molar-refractivity contribution < 1.29 is 9.53 Å². The molecule has 1 amide bonds. The molecule has 0 saturated heterocycles. The van der Waals surface area contributed by atoms with Crippen LogP contribution in [0.2, 0.25) is 0 Å². The highest BCUT2D eigenvalue weighted by atomic mass is 16.5. The Kier molecular flexibility index (Phi) is 2.32. The third-order valence-electron chi connectivity index (χ3n) is 1.72. The lowest BCUT2D eigenvalue weighted by Crippen LogP contribution is -2.16. The summed E-state index contributed by atoms with van der Waals surface area (Å²) in [5, 5.41) is 7.47. The van der Waals surface area contributed by atoms with E-state index in [4.69, 9.17) is 10.5 Å². The number of aromatic nitrogens is 3. The third kappa shape index (κ3) is 2.11. The Hall–Kier alpha value is -2.37. The van der Waals surface area contributed by atoms with Gasteiger partial charge in [0, 0.05) is 6.07 Å². The highest BCUT2D eigenvalue weighted by molar-refractivity contribution is 5.68. The van der Waals surface area contributed by atoms with E-state index >= 15 is 0 Å². The van der Waals surface area contributed by atoms with E-state index in [1.807, 2.05) is 6.07 Å². The van der Waals surface area contributed by atoms with Crippen LogP contribution in [0.5, 0.6) is 5.75 Å². The van der Waals surface area contributed by atoms with Crippen LogP contribution in [0.15, 0.2) is 36.7 Å². The van der Waals surface area contributed by atoms with Crippen LogP contribution >= 0.6 is 0 Å². The highest BCUT2D eigenvalue weighted by Crippen LogP contribution is 2.15. The van der Waals surface area contributed by atoms with Crippen LogP contribution in [0, 0.1) is 0 Å². The van der Waals surface area contributed by atoms with Gasteiger partial charge in [-0.25, -0.2) is 9.48 Å². The molecular formula is C9H8N4O2. The first-order valence-corrected chi connectivity index (χ1v) is 4.20. The maximum Gasteiger partial charge on any atom is 0.409 e. The van der Waals surface area contributed by atoms with Gasteiger partial charge in [0.1, 0.15) is 5.75 Å². The highest BCUT2D eigenvalue weighted by Gasteiger charge is 2.01. The summed E-state index contributed by atoms with van der Waals surface area (Å²) in [5.74, 6) is 0.371. The average molecular weight is 204 g/mol. The standard InChI is InChI=1S/C9H8N4O2/c10-9(14)15-8-3-1-2-7(6-8)13-5-4-11-12-13/h1-6H,(H2,10,14). The predicted octanol–water partition coefficient (Wildman–Crippen LogP) is 0.725. The summed E-state index contributed by atoms with van der Waals surface area (Å²) >= 11 is 0. The Bertz CT molecular complexity index is 467. The predicted molar refractivity (Wildman–Crippen MR) is 51.6 cm³/mol. The van der Waals surface area contributed by atoms with E-state index in [0.717, 1.165) is 5.69 Å². The zero-order valence-corrected chi connectivity index (χ0v) is 7.70. The molecule has 15 heavy (non-hydrogen) atoms. The second-order valence-electron chi connectivity index (χ2n) is 2.77. The van der Waals surface area contributed by atoms with Gasteiger partial charge in [0.25, 0.3) is 0 Å². The van der Waals surface area contributed by atoms with Gasteiger partial charge in [-0.3, -0.25) is 0 Å². The molecule has 0 unspecified atom stereocenters. The smallest absolute Gasteiger partial charge is 0.409 e. The van der Waals surface area contributed by atoms with Gasteiger partial charge in [-0.15, -0.1) is 5.10 Å². The Morgan fingerprint density at radius 3 is 3.00 bits per heavy atom. The van der Waals surface area contributed by atoms with Gasteiger partial charge in [0.2, 0.25) is 0 Å². The second-order valence-corrected chi connectivity index (χ2v) is 2.77. The number of nitrogens with two attached hydrogens (primary N) is 1. The van der Waals surface area contributed by atoms with Crippen molar-refractivity contribution in [3.8, 4) is 11.4 Å². The molecule has 0 atom stereocenters. The first kappa shape index (κ1) is 9.20. The van der Waals surface area contributed by atoms with E-state index in [-0.39, 0.29) is 0 Å². The molecule has 2 rings (SSSR count). The fraction of sp³-hybridized carbons (Fsp3) is 0. The van der Waals surface area contributed by atoms with E-state index in [1.54, 1.807) is 35.3 Å². The van der Waals surface area contributed by atoms with Crippen LogP contribution in [-0.4, -0.2) is 21.1 Å². The number of primary amides is 1. The Morgan fingerprint density at radius 2 is 2.33 bits per heavy atom. The molecule has 6 heteroatoms. The van der Waals surface area contributed by atoms with Crippen LogP contribution in [0.4, 0.5) is 4.79 Å². The van der Waals surface area contributed by atoms with E-state index in [9.17, 15) is 4.79 Å². The average Bonchev–Trinajstić information content (AvgIpc) is 2.69. The molecule has 0 aliphatic heterocycles. The Balaban J connectivity index is 2.31. The summed E-state index contributed by atoms with van der Waals surface area (Å²) in [6.45, 7) is 0. The van der Waals surface area contributed by atoms with Crippen molar-refractivity contribution in [2.45, 2.75) is 0 Å². The molecule has 1 aromatic heterocycles. The van der Waals surface area contributed by atoms with Crippen molar-refractivity contribution in [3.63, 3.8) is 0 Å². The van der Waals surface area contributed by atoms with Crippen LogP contribution < -0.4 is 10.5 Å². The lowest BCUT2D eigenvalue weighted by atomic mass is 10.3. The Labute approximate surface area is 85.3 Å². The zero-order chi connectivity index (χ0) is 10.7. The number of benzene rings is 1. The largest absolute Gasteiger partial charge is 0.410 e. The second kappa shape index (κ2) is 3.79. The summed E-state index contributed by atoms with van der Waals surface area (Å²) in [6, 6.07) is 6.81. The minimum Gasteiger partial charge on any atom is -0.410 e. The summed E-state index contributed by atoms with van der Waals surface area (Å²) in [6.07, 6.45) is 2.40. The summed E-state index contributed by atoms with van der Waals surface area (Å²) in [5.41, 5.74) is 5.64. The number of rotatable bonds is 2. The topological polar surface area (TPSA) is 83.0 Å². The molecule has 1 heterocycles. The first-order chi connectivity index (χ1) is 7.25. The van der Waals surface area contributed by atoms with Crippen molar-refractivity contribution in [1.82, 2.24) is 15.0 Å². The molecule has 0 aliphatic rings. The fourth-order valence-electron chi connectivity index (χ4n) is 1.15. The van der Waals surface area contributed by atoms with E-state index in [0.29, 0.717) is 5.75 Å². The molecule has 6 nitrogen and oxygen atoms in total. The minimum absolute atomic E-state index is 0.371. The van der Waals surface area contributed by atoms with Crippen molar-refractivity contribution in [2.75, 3.05) is 0 Å². The minimum atomic E-state index is -0.842. The fourth-order valence-corrected chi connectivity index (χ4v) is 1.15. The van der Waals surface area contributed by atoms with Crippen LogP contribution in [0.1, 0.15) is 0 Å². The van der Waals surface area contributed by atoms with Crippen molar-refractivity contribution in [1.29, 1.82) is 0 Å². The lowest BCUT2D eigenvalue weighted by Gasteiger charge is -2.03. The number of nitrogens with zero attached hydrogens (tertiary/aromatic N) is 3. The van der Waals surface area contributed by atoms with Crippen LogP contribution in [0.25, 0.3) is 5.69 Å². The van der Waals surface area contributed by atoms with Crippen molar-refractivity contribution in [2.24, 2.45) is 5.73 Å². The van der Waals surface area contributed by atoms with E-state index in [2.05, 4.69) is 10.3 Å². The molecule has 76 valence electrons. The molecule has 0 saturated carbocycles. The quantitative estimate of drug-likeness (QED) is 0.781. The van der Waals surface area contributed by atoms with E-state index in [1.165, 1.54) is 0 Å². The van der Waals surface area contributed by atoms with Crippen LogP contribution in [-0.2, 0) is 0 Å². The lowest BCUT2D eigenvalue weighted by molar-refractivity contribution is 0.211. The Morgan fingerprint density at radius 1 is 1.47 bits per heavy atom. The molecule has 1 aromatic carbocycles. The number of ether oxygens (including phenoxy) is 1. The number of amides is 1. The monoisotopic (exact) mass is 204 g/mol. The molecule has 2 aromatic rings. The van der Waals surface area contributed by atoms with Gasteiger partial charge in [0.05, 0.1) is 18.1 Å². The number of carbonyl (C=O) groups excluding carboxylic acids is 1. The van der Waals surface area contributed by atoms with Gasteiger partial charge < -0.3 is 10.5 Å². The zero-order valence-electron chi connectivity index (χ0n) is 7.70. The van der Waals surface area contributed by atoms with Gasteiger partial charge >= 0.3 is 6.09 Å². The molecular weight excluding hydrogens is 196 g/mol. The van der Waals surface area contributed by atoms with Crippen LogP contribution in [0.3, 0.4) is 0 Å². The number of carbonyl (C=O) groups is 1. The van der Waals surface area contributed by atoms with Crippen molar-refractivity contribution >= 4 is 6.09 Å². The van der Waals surface area contributed by atoms with E-state index < -0.39 is 6.09 Å². The maximum atomic E-state index is 10.5. The summed E-state index contributed by atoms with van der Waals surface area (Å²) < 4.78 is 6.28. The van der Waals surface area contributed by atoms with Gasteiger partial charge in [-0.2, -0.15) is 0 Å². The first-order valence-electron chi connectivity index (χ1n) is 4.20. The number of hydrogen-bond acceptors (Lipinski definition) is 4. The van der Waals surface area contributed by atoms with Gasteiger partial charge in [-0.05, 0) is 12.1 Å². The van der Waals surface area contributed by atoms with Gasteiger partial charge in [-0.1, -0.05) is 11.3 Å². The molecule has 2 N–H and O–H groups in total. The molecule has 0 spiro atoms. The third-order valence-corrected chi connectivity index (χ3v) is 1.72. The van der Waals surface area contributed by atoms with Gasteiger partial charge in [0.15, 0.2) is 0 Å². The maximum absolute atomic E-state index is 10.5. The van der Waals surface area contributed by atoms with Crippen molar-refractivity contribution in [3.05, 3.63) is 36.7 Å². The molecule has 0 bridgehead atoms. The molecule has 0 fully saturated rings.